The number of benzene rings is 1. The van der Waals surface area contributed by atoms with Gasteiger partial charge in [-0.2, -0.15) is 4.31 Å². The van der Waals surface area contributed by atoms with Crippen molar-refractivity contribution in [2.45, 2.75) is 43.0 Å². The van der Waals surface area contributed by atoms with Crippen LogP contribution in [0.4, 0.5) is 9.93 Å². The smallest absolute Gasteiger partial charge is 0.410 e. The number of nitrogens with one attached hydrogen (secondary N) is 1. The molecule has 2 aliphatic heterocycles. The minimum absolute atomic E-state index is 0.0943. The van der Waals surface area contributed by atoms with Gasteiger partial charge in [-0.1, -0.05) is 29.5 Å². The quantitative estimate of drug-likeness (QED) is 0.628. The van der Waals surface area contributed by atoms with Crippen LogP contribution in [-0.4, -0.2) is 73.0 Å². The van der Waals surface area contributed by atoms with E-state index in [0.717, 1.165) is 11.3 Å². The standard InChI is InChI=1S/C21H26N4O6S2/c1-14-19(32-20(22-14)23-15(2)26)33(28,29)24-10-8-16(9-11-24)25-12-18(31-21(25)27)13-30-17-6-4-3-5-7-17/h3-7,16,18H,8-13H2,1-2H3,(H,22,23,26). The zero-order chi connectivity index (χ0) is 23.6. The first-order chi connectivity index (χ1) is 15.7. The van der Waals surface area contributed by atoms with E-state index in [1.807, 2.05) is 30.3 Å². The van der Waals surface area contributed by atoms with Gasteiger partial charge in [-0.25, -0.2) is 18.2 Å². The van der Waals surface area contributed by atoms with Crippen LogP contribution in [0.3, 0.4) is 0 Å². The first kappa shape index (κ1) is 23.5. The Morgan fingerprint density at radius 2 is 1.97 bits per heavy atom. The molecule has 0 saturated carbocycles. The van der Waals surface area contributed by atoms with Gasteiger partial charge >= 0.3 is 6.09 Å². The van der Waals surface area contributed by atoms with Crippen molar-refractivity contribution in [1.82, 2.24) is 14.2 Å². The van der Waals surface area contributed by atoms with Crippen molar-refractivity contribution in [3.63, 3.8) is 0 Å². The topological polar surface area (TPSA) is 118 Å². The van der Waals surface area contributed by atoms with E-state index in [-0.39, 0.29) is 47.1 Å². The zero-order valence-corrected chi connectivity index (χ0v) is 20.0. The van der Waals surface area contributed by atoms with Crippen molar-refractivity contribution in [3.05, 3.63) is 36.0 Å². The third kappa shape index (κ3) is 5.28. The van der Waals surface area contributed by atoms with E-state index in [1.54, 1.807) is 11.8 Å². The van der Waals surface area contributed by atoms with Crippen LogP contribution < -0.4 is 10.1 Å². The molecule has 2 fully saturated rings. The SMILES string of the molecule is CC(=O)Nc1nc(C)c(S(=O)(=O)N2CCC(N3CC(COc4ccccc4)OC3=O)CC2)s1. The molecule has 33 heavy (non-hydrogen) atoms. The molecule has 2 amide bonds. The first-order valence-corrected chi connectivity index (χ1v) is 12.9. The molecular formula is C21H26N4O6S2. The number of carbonyl (C=O) groups excluding carboxylic acids is 2. The number of cyclic esters (lactones) is 1. The van der Waals surface area contributed by atoms with Crippen LogP contribution in [0.5, 0.6) is 5.75 Å². The van der Waals surface area contributed by atoms with Crippen LogP contribution in [-0.2, 0) is 19.6 Å². The number of amides is 2. The third-order valence-electron chi connectivity index (χ3n) is 5.56. The molecule has 0 spiro atoms. The van der Waals surface area contributed by atoms with Gasteiger partial charge in [0.15, 0.2) is 15.4 Å². The maximum atomic E-state index is 13.1. The van der Waals surface area contributed by atoms with E-state index < -0.39 is 16.1 Å². The van der Waals surface area contributed by atoms with Gasteiger partial charge in [-0.3, -0.25) is 4.79 Å². The first-order valence-electron chi connectivity index (χ1n) is 10.6. The molecule has 2 saturated heterocycles. The van der Waals surface area contributed by atoms with Gasteiger partial charge < -0.3 is 19.7 Å². The Morgan fingerprint density at radius 1 is 1.27 bits per heavy atom. The summed E-state index contributed by atoms with van der Waals surface area (Å²) < 4.78 is 39.0. The number of aromatic nitrogens is 1. The predicted molar refractivity (Wildman–Crippen MR) is 122 cm³/mol. The Morgan fingerprint density at radius 3 is 2.64 bits per heavy atom. The lowest BCUT2D eigenvalue weighted by Gasteiger charge is -2.34. The minimum Gasteiger partial charge on any atom is -0.490 e. The maximum Gasteiger partial charge on any atom is 0.410 e. The van der Waals surface area contributed by atoms with Crippen molar-refractivity contribution in [3.8, 4) is 5.75 Å². The second-order valence-electron chi connectivity index (χ2n) is 7.99. The summed E-state index contributed by atoms with van der Waals surface area (Å²) in [6.07, 6.45) is 0.260. The number of aryl methyl sites for hydroxylation is 1. The van der Waals surface area contributed by atoms with Crippen LogP contribution in [0.2, 0.25) is 0 Å². The number of nitrogens with zero attached hydrogens (tertiary/aromatic N) is 3. The lowest BCUT2D eigenvalue weighted by Crippen LogP contribution is -2.47. The van der Waals surface area contributed by atoms with Crippen molar-refractivity contribution in [2.75, 3.05) is 31.6 Å². The van der Waals surface area contributed by atoms with Crippen molar-refractivity contribution in [2.24, 2.45) is 0 Å². The van der Waals surface area contributed by atoms with Crippen molar-refractivity contribution < 1.29 is 27.5 Å². The number of hydrogen-bond acceptors (Lipinski definition) is 8. The van der Waals surface area contributed by atoms with E-state index in [9.17, 15) is 18.0 Å². The Balaban J connectivity index is 1.33. The number of carbonyl (C=O) groups is 2. The van der Waals surface area contributed by atoms with E-state index >= 15 is 0 Å². The summed E-state index contributed by atoms with van der Waals surface area (Å²) in [6.45, 7) is 4.21. The fraction of sp³-hybridized carbons (Fsp3) is 0.476. The average Bonchev–Trinajstić information content (AvgIpc) is 3.35. The minimum atomic E-state index is -3.73. The predicted octanol–water partition coefficient (Wildman–Crippen LogP) is 2.46. The van der Waals surface area contributed by atoms with Gasteiger partial charge in [0, 0.05) is 26.1 Å². The number of rotatable bonds is 7. The summed E-state index contributed by atoms with van der Waals surface area (Å²) in [5, 5.41) is 2.79. The fourth-order valence-electron chi connectivity index (χ4n) is 3.97. The molecule has 10 nitrogen and oxygen atoms in total. The van der Waals surface area contributed by atoms with Gasteiger partial charge in [0.1, 0.15) is 12.4 Å². The van der Waals surface area contributed by atoms with Crippen LogP contribution in [0, 0.1) is 6.92 Å². The van der Waals surface area contributed by atoms with Crippen LogP contribution in [0.25, 0.3) is 0 Å². The van der Waals surface area contributed by atoms with Gasteiger partial charge in [0.25, 0.3) is 10.0 Å². The summed E-state index contributed by atoms with van der Waals surface area (Å²) >= 11 is 0.948. The molecule has 3 heterocycles. The van der Waals surface area contributed by atoms with Crippen molar-refractivity contribution >= 4 is 38.5 Å². The molecule has 0 aliphatic carbocycles. The Kier molecular flexibility index (Phi) is 6.86. The van der Waals surface area contributed by atoms with Crippen LogP contribution in [0.15, 0.2) is 34.5 Å². The molecular weight excluding hydrogens is 468 g/mol. The highest BCUT2D eigenvalue weighted by molar-refractivity contribution is 7.91. The number of ether oxygens (including phenoxy) is 2. The van der Waals surface area contributed by atoms with E-state index in [0.29, 0.717) is 30.8 Å². The molecule has 178 valence electrons. The summed E-state index contributed by atoms with van der Waals surface area (Å²) in [6, 6.07) is 9.23. The molecule has 0 bridgehead atoms. The average molecular weight is 495 g/mol. The second-order valence-corrected chi connectivity index (χ2v) is 11.1. The lowest BCUT2D eigenvalue weighted by atomic mass is 10.1. The van der Waals surface area contributed by atoms with Gasteiger partial charge in [0.05, 0.1) is 12.2 Å². The highest BCUT2D eigenvalue weighted by Crippen LogP contribution is 2.32. The highest BCUT2D eigenvalue weighted by Gasteiger charge is 2.40. The van der Waals surface area contributed by atoms with E-state index in [2.05, 4.69) is 10.3 Å². The fourth-order valence-corrected chi connectivity index (χ4v) is 7.04. The number of para-hydroxylation sites is 1. The maximum absolute atomic E-state index is 13.1. The van der Waals surface area contributed by atoms with E-state index in [4.69, 9.17) is 9.47 Å². The number of thiazole rings is 1. The largest absolute Gasteiger partial charge is 0.490 e. The summed E-state index contributed by atoms with van der Waals surface area (Å²) in [7, 11) is -3.73. The Hall–Kier alpha value is -2.70. The van der Waals surface area contributed by atoms with Crippen molar-refractivity contribution in [1.29, 1.82) is 0 Å². The van der Waals surface area contributed by atoms with Gasteiger partial charge in [0.2, 0.25) is 5.91 Å². The Labute approximate surface area is 196 Å². The molecule has 1 unspecified atom stereocenters. The molecule has 1 aromatic carbocycles. The molecule has 1 atom stereocenters. The molecule has 1 N–H and O–H groups in total. The number of anilines is 1. The molecule has 1 aromatic heterocycles. The highest BCUT2D eigenvalue weighted by atomic mass is 32.2. The van der Waals surface area contributed by atoms with Crippen LogP contribution in [0.1, 0.15) is 25.5 Å². The van der Waals surface area contributed by atoms with Gasteiger partial charge in [-0.05, 0) is 31.9 Å². The number of sulfonamides is 1. The number of hydrogen-bond donors (Lipinski definition) is 1. The van der Waals surface area contributed by atoms with Crippen LogP contribution >= 0.6 is 11.3 Å². The van der Waals surface area contributed by atoms with E-state index in [1.165, 1.54) is 11.2 Å². The summed E-state index contributed by atoms with van der Waals surface area (Å²) in [4.78, 5) is 29.5. The zero-order valence-electron chi connectivity index (χ0n) is 18.4. The Bertz CT molecular complexity index is 1110. The normalized spacial score (nSPS) is 20.0. The summed E-state index contributed by atoms with van der Waals surface area (Å²) in [5.74, 6) is 0.406. The molecule has 4 rings (SSSR count). The number of piperidine rings is 1. The lowest BCUT2D eigenvalue weighted by molar-refractivity contribution is -0.114. The van der Waals surface area contributed by atoms with Gasteiger partial charge in [-0.15, -0.1) is 0 Å². The second kappa shape index (κ2) is 9.65. The molecule has 2 aliphatic rings. The molecule has 12 heteroatoms. The molecule has 2 aromatic rings. The third-order valence-corrected chi connectivity index (χ3v) is 9.12. The molecule has 0 radical (unpaired) electrons. The monoisotopic (exact) mass is 494 g/mol. The summed E-state index contributed by atoms with van der Waals surface area (Å²) in [5.41, 5.74) is 0.357.